The van der Waals surface area contributed by atoms with Gasteiger partial charge in [0.05, 0.1) is 12.2 Å². The second-order valence-electron chi connectivity index (χ2n) is 4.11. The zero-order valence-electron chi connectivity index (χ0n) is 10.4. The molecule has 1 aromatic heterocycles. The first kappa shape index (κ1) is 13.6. The van der Waals surface area contributed by atoms with Gasteiger partial charge in [-0.3, -0.25) is 4.98 Å². The number of aromatic nitrogens is 1. The third-order valence-corrected chi connectivity index (χ3v) is 2.90. The second-order valence-corrected chi connectivity index (χ2v) is 4.54. The lowest BCUT2D eigenvalue weighted by atomic mass is 10.2. The normalized spacial score (nSPS) is 10.2. The lowest BCUT2D eigenvalue weighted by molar-refractivity contribution is 0.0500. The van der Waals surface area contributed by atoms with E-state index < -0.39 is 0 Å². The van der Waals surface area contributed by atoms with Crippen LogP contribution in [0.15, 0.2) is 48.8 Å². The summed E-state index contributed by atoms with van der Waals surface area (Å²) >= 11 is 5.75. The van der Waals surface area contributed by atoms with Crippen molar-refractivity contribution in [3.05, 3.63) is 64.9 Å². The summed E-state index contributed by atoms with van der Waals surface area (Å²) in [5, 5.41) is 0.605. The molecule has 0 aliphatic rings. The molecule has 0 bridgehead atoms. The highest BCUT2D eigenvalue weighted by Crippen LogP contribution is 2.10. The first-order chi connectivity index (χ1) is 9.25. The Morgan fingerprint density at radius 1 is 1.21 bits per heavy atom. The smallest absolute Gasteiger partial charge is 0.338 e. The van der Waals surface area contributed by atoms with E-state index in [-0.39, 0.29) is 5.97 Å². The molecule has 0 aliphatic heterocycles. The maximum absolute atomic E-state index is 11.7. The van der Waals surface area contributed by atoms with Crippen molar-refractivity contribution in [1.29, 1.82) is 0 Å². The quantitative estimate of drug-likeness (QED) is 0.619. The molecule has 98 valence electrons. The van der Waals surface area contributed by atoms with Crippen LogP contribution in [0, 0.1) is 0 Å². The van der Waals surface area contributed by atoms with Crippen LogP contribution >= 0.6 is 11.6 Å². The highest BCUT2D eigenvalue weighted by Gasteiger charge is 2.06. The maximum atomic E-state index is 11.7. The number of hydrogen-bond acceptors (Lipinski definition) is 3. The molecule has 0 saturated carbocycles. The summed E-state index contributed by atoms with van der Waals surface area (Å²) < 4.78 is 5.19. The molecule has 19 heavy (non-hydrogen) atoms. The van der Waals surface area contributed by atoms with Gasteiger partial charge in [0.2, 0.25) is 0 Å². The topological polar surface area (TPSA) is 39.2 Å². The van der Waals surface area contributed by atoms with Crippen molar-refractivity contribution in [1.82, 2.24) is 4.98 Å². The molecule has 0 N–H and O–H groups in total. The molecule has 0 atom stereocenters. The molecule has 0 unspecified atom stereocenters. The minimum absolute atomic E-state index is 0.317. The fourth-order valence-electron chi connectivity index (χ4n) is 1.66. The van der Waals surface area contributed by atoms with E-state index in [0.29, 0.717) is 17.2 Å². The Hall–Kier alpha value is -1.87. The van der Waals surface area contributed by atoms with Gasteiger partial charge in [0, 0.05) is 17.4 Å². The van der Waals surface area contributed by atoms with Crippen molar-refractivity contribution in [2.24, 2.45) is 0 Å². The SMILES string of the molecule is O=C(OCCCc1cccnc1)c1ccc(Cl)cc1. The number of rotatable bonds is 5. The van der Waals surface area contributed by atoms with E-state index in [1.165, 1.54) is 0 Å². The summed E-state index contributed by atoms with van der Waals surface area (Å²) in [6.07, 6.45) is 5.19. The van der Waals surface area contributed by atoms with Gasteiger partial charge in [-0.2, -0.15) is 0 Å². The molecular formula is C15H14ClNO2. The van der Waals surface area contributed by atoms with Crippen LogP contribution in [0.4, 0.5) is 0 Å². The van der Waals surface area contributed by atoms with E-state index in [2.05, 4.69) is 4.98 Å². The molecule has 3 nitrogen and oxygen atoms in total. The number of carbonyl (C=O) groups is 1. The number of nitrogens with zero attached hydrogens (tertiary/aromatic N) is 1. The van der Waals surface area contributed by atoms with Crippen LogP contribution < -0.4 is 0 Å². The van der Waals surface area contributed by atoms with Crippen molar-refractivity contribution in [3.63, 3.8) is 0 Å². The molecule has 0 fully saturated rings. The minimum atomic E-state index is -0.317. The molecule has 0 aliphatic carbocycles. The lowest BCUT2D eigenvalue weighted by Crippen LogP contribution is -2.07. The summed E-state index contributed by atoms with van der Waals surface area (Å²) in [4.78, 5) is 15.7. The van der Waals surface area contributed by atoms with Crippen LogP contribution in [-0.4, -0.2) is 17.6 Å². The fourth-order valence-corrected chi connectivity index (χ4v) is 1.78. The predicted octanol–water partition coefficient (Wildman–Crippen LogP) is 3.52. The number of ether oxygens (including phenoxy) is 1. The van der Waals surface area contributed by atoms with Crippen LogP contribution in [0.5, 0.6) is 0 Å². The molecule has 2 rings (SSSR count). The van der Waals surface area contributed by atoms with E-state index in [0.717, 1.165) is 18.4 Å². The van der Waals surface area contributed by atoms with Gasteiger partial charge >= 0.3 is 5.97 Å². The molecule has 0 radical (unpaired) electrons. The van der Waals surface area contributed by atoms with E-state index in [1.807, 2.05) is 18.3 Å². The Bertz CT molecular complexity index is 526. The molecule has 4 heteroatoms. The zero-order valence-corrected chi connectivity index (χ0v) is 11.1. The van der Waals surface area contributed by atoms with E-state index in [9.17, 15) is 4.79 Å². The minimum Gasteiger partial charge on any atom is -0.462 e. The van der Waals surface area contributed by atoms with Gasteiger partial charge in [0.25, 0.3) is 0 Å². The summed E-state index contributed by atoms with van der Waals surface area (Å²) in [6, 6.07) is 10.6. The molecule has 1 aromatic carbocycles. The first-order valence-electron chi connectivity index (χ1n) is 6.07. The van der Waals surface area contributed by atoms with Gasteiger partial charge in [-0.1, -0.05) is 17.7 Å². The third-order valence-electron chi connectivity index (χ3n) is 2.65. The number of esters is 1. The average Bonchev–Trinajstić information content (AvgIpc) is 2.45. The Kier molecular flexibility index (Phi) is 4.93. The van der Waals surface area contributed by atoms with Crippen LogP contribution in [-0.2, 0) is 11.2 Å². The highest BCUT2D eigenvalue weighted by atomic mass is 35.5. The fraction of sp³-hybridized carbons (Fsp3) is 0.200. The number of carbonyl (C=O) groups excluding carboxylic acids is 1. The van der Waals surface area contributed by atoms with Gasteiger partial charge in [0.1, 0.15) is 0 Å². The van der Waals surface area contributed by atoms with Crippen molar-refractivity contribution in [2.75, 3.05) is 6.61 Å². The van der Waals surface area contributed by atoms with Gasteiger partial charge < -0.3 is 4.74 Å². The van der Waals surface area contributed by atoms with Crippen LogP contribution in [0.3, 0.4) is 0 Å². The van der Waals surface area contributed by atoms with Gasteiger partial charge in [0.15, 0.2) is 0 Å². The Morgan fingerprint density at radius 3 is 2.68 bits per heavy atom. The zero-order chi connectivity index (χ0) is 13.5. The molecule has 0 spiro atoms. The molecule has 1 heterocycles. The standard InChI is InChI=1S/C15H14ClNO2/c16-14-7-5-13(6-8-14)15(18)19-10-2-4-12-3-1-9-17-11-12/h1,3,5-9,11H,2,4,10H2. The van der Waals surface area contributed by atoms with Crippen molar-refractivity contribution in [2.45, 2.75) is 12.8 Å². The number of benzene rings is 1. The van der Waals surface area contributed by atoms with Gasteiger partial charge in [-0.15, -0.1) is 0 Å². The van der Waals surface area contributed by atoms with Crippen molar-refractivity contribution < 1.29 is 9.53 Å². The van der Waals surface area contributed by atoms with Crippen LogP contribution in [0.1, 0.15) is 22.3 Å². The Morgan fingerprint density at radius 2 is 2.00 bits per heavy atom. The van der Waals surface area contributed by atoms with Crippen molar-refractivity contribution in [3.8, 4) is 0 Å². The van der Waals surface area contributed by atoms with Gasteiger partial charge in [-0.05, 0) is 48.7 Å². The monoisotopic (exact) mass is 275 g/mol. The number of aryl methyl sites for hydroxylation is 1. The third kappa shape index (κ3) is 4.38. The van der Waals surface area contributed by atoms with Crippen LogP contribution in [0.2, 0.25) is 5.02 Å². The number of hydrogen-bond donors (Lipinski definition) is 0. The molecular weight excluding hydrogens is 262 g/mol. The number of pyridine rings is 1. The van der Waals surface area contributed by atoms with E-state index in [4.69, 9.17) is 16.3 Å². The molecule has 2 aromatic rings. The van der Waals surface area contributed by atoms with Crippen molar-refractivity contribution >= 4 is 17.6 Å². The average molecular weight is 276 g/mol. The summed E-state index contributed by atoms with van der Waals surface area (Å²) in [5.41, 5.74) is 1.66. The summed E-state index contributed by atoms with van der Waals surface area (Å²) in [5.74, 6) is -0.317. The predicted molar refractivity (Wildman–Crippen MR) is 74.3 cm³/mol. The first-order valence-corrected chi connectivity index (χ1v) is 6.45. The second kappa shape index (κ2) is 6.90. The van der Waals surface area contributed by atoms with E-state index >= 15 is 0 Å². The van der Waals surface area contributed by atoms with Crippen LogP contribution in [0.25, 0.3) is 0 Å². The summed E-state index contributed by atoms with van der Waals surface area (Å²) in [7, 11) is 0. The largest absolute Gasteiger partial charge is 0.462 e. The maximum Gasteiger partial charge on any atom is 0.338 e. The Balaban J connectivity index is 1.74. The highest BCUT2D eigenvalue weighted by molar-refractivity contribution is 6.30. The molecule has 0 amide bonds. The summed E-state index contributed by atoms with van der Waals surface area (Å²) in [6.45, 7) is 0.399. The van der Waals surface area contributed by atoms with Gasteiger partial charge in [-0.25, -0.2) is 4.79 Å². The van der Waals surface area contributed by atoms with E-state index in [1.54, 1.807) is 30.5 Å². The Labute approximate surface area is 117 Å². The molecule has 0 saturated heterocycles. The lowest BCUT2D eigenvalue weighted by Gasteiger charge is -2.05. The number of halogens is 1.